The topological polar surface area (TPSA) is 35.6 Å². The Kier molecular flexibility index (Phi) is 3.69. The van der Waals surface area contributed by atoms with E-state index in [1.54, 1.807) is 0 Å². The molecule has 0 spiro atoms. The maximum atomic E-state index is 12.4. The van der Waals surface area contributed by atoms with Gasteiger partial charge < -0.3 is 15.1 Å². The molecule has 4 nitrogen and oxygen atoms in total. The van der Waals surface area contributed by atoms with Crippen molar-refractivity contribution in [1.82, 2.24) is 15.1 Å². The van der Waals surface area contributed by atoms with Gasteiger partial charge in [-0.05, 0) is 24.9 Å². The summed E-state index contributed by atoms with van der Waals surface area (Å²) >= 11 is 0. The van der Waals surface area contributed by atoms with E-state index < -0.39 is 0 Å². The second-order valence-corrected chi connectivity index (χ2v) is 5.38. The highest BCUT2D eigenvalue weighted by molar-refractivity contribution is 5.77. The Morgan fingerprint density at radius 1 is 1.21 bits per heavy atom. The van der Waals surface area contributed by atoms with Gasteiger partial charge in [0.2, 0.25) is 0 Å². The second kappa shape index (κ2) is 5.61. The molecular weight excluding hydrogens is 238 g/mol. The van der Waals surface area contributed by atoms with Crippen LogP contribution in [0.3, 0.4) is 0 Å². The van der Waals surface area contributed by atoms with Gasteiger partial charge in [0.05, 0.1) is 0 Å². The number of nitrogens with one attached hydrogen (secondary N) is 1. The van der Waals surface area contributed by atoms with Gasteiger partial charge in [-0.3, -0.25) is 0 Å². The molecule has 3 rings (SSSR count). The summed E-state index contributed by atoms with van der Waals surface area (Å²) < 4.78 is 0. The number of amides is 2. The second-order valence-electron chi connectivity index (χ2n) is 5.38. The summed E-state index contributed by atoms with van der Waals surface area (Å²) in [7, 11) is 0. The summed E-state index contributed by atoms with van der Waals surface area (Å²) in [5, 5.41) is 3.38. The van der Waals surface area contributed by atoms with Gasteiger partial charge in [0.25, 0.3) is 0 Å². The van der Waals surface area contributed by atoms with Crippen LogP contribution in [0.1, 0.15) is 18.4 Å². The van der Waals surface area contributed by atoms with Crippen molar-refractivity contribution < 1.29 is 4.79 Å². The SMILES string of the molecule is O=C1N(Cc2ccccc2)CCN1[C@H]1CCCNC1. The van der Waals surface area contributed by atoms with Gasteiger partial charge in [0.1, 0.15) is 0 Å². The molecule has 2 aliphatic heterocycles. The first-order valence-corrected chi connectivity index (χ1v) is 7.15. The maximum Gasteiger partial charge on any atom is 0.320 e. The van der Waals surface area contributed by atoms with Crippen molar-refractivity contribution >= 4 is 6.03 Å². The molecule has 0 bridgehead atoms. The molecule has 19 heavy (non-hydrogen) atoms. The van der Waals surface area contributed by atoms with E-state index in [1.165, 1.54) is 12.0 Å². The third kappa shape index (κ3) is 2.73. The molecular formula is C15H21N3O. The molecule has 1 N–H and O–H groups in total. The molecule has 2 heterocycles. The van der Waals surface area contributed by atoms with Gasteiger partial charge >= 0.3 is 6.03 Å². The first kappa shape index (κ1) is 12.5. The quantitative estimate of drug-likeness (QED) is 0.896. The predicted molar refractivity (Wildman–Crippen MR) is 74.8 cm³/mol. The summed E-state index contributed by atoms with van der Waals surface area (Å²) in [6.45, 7) is 4.50. The fourth-order valence-corrected chi connectivity index (χ4v) is 2.99. The molecule has 0 aromatic heterocycles. The van der Waals surface area contributed by atoms with Gasteiger partial charge in [0.15, 0.2) is 0 Å². The van der Waals surface area contributed by atoms with Crippen molar-refractivity contribution in [2.24, 2.45) is 0 Å². The molecule has 2 aliphatic rings. The van der Waals surface area contributed by atoms with E-state index in [2.05, 4.69) is 22.3 Å². The Morgan fingerprint density at radius 3 is 2.79 bits per heavy atom. The zero-order valence-electron chi connectivity index (χ0n) is 11.2. The molecule has 1 aromatic carbocycles. The van der Waals surface area contributed by atoms with Crippen molar-refractivity contribution in [3.63, 3.8) is 0 Å². The molecule has 2 saturated heterocycles. The molecule has 0 saturated carbocycles. The largest absolute Gasteiger partial charge is 0.320 e. The monoisotopic (exact) mass is 259 g/mol. The van der Waals surface area contributed by atoms with Crippen LogP contribution in [-0.2, 0) is 6.54 Å². The van der Waals surface area contributed by atoms with Crippen molar-refractivity contribution in [3.8, 4) is 0 Å². The summed E-state index contributed by atoms with van der Waals surface area (Å²) in [6.07, 6.45) is 2.31. The summed E-state index contributed by atoms with van der Waals surface area (Å²) in [4.78, 5) is 16.4. The average Bonchev–Trinajstić information content (AvgIpc) is 2.82. The van der Waals surface area contributed by atoms with E-state index in [9.17, 15) is 4.79 Å². The average molecular weight is 259 g/mol. The normalized spacial score (nSPS) is 24.0. The maximum absolute atomic E-state index is 12.4. The van der Waals surface area contributed by atoms with Crippen LogP contribution in [0, 0.1) is 0 Å². The number of carbonyl (C=O) groups excluding carboxylic acids is 1. The summed E-state index contributed by atoms with van der Waals surface area (Å²) in [5.41, 5.74) is 1.21. The molecule has 2 fully saturated rings. The van der Waals surface area contributed by atoms with Crippen LogP contribution in [0.4, 0.5) is 4.79 Å². The number of benzene rings is 1. The highest BCUT2D eigenvalue weighted by Crippen LogP contribution is 2.19. The molecule has 0 aliphatic carbocycles. The van der Waals surface area contributed by atoms with Gasteiger partial charge in [-0.1, -0.05) is 30.3 Å². The minimum atomic E-state index is 0.206. The lowest BCUT2D eigenvalue weighted by Gasteiger charge is -2.31. The number of urea groups is 1. The highest BCUT2D eigenvalue weighted by Gasteiger charge is 2.33. The third-order valence-corrected chi connectivity index (χ3v) is 4.05. The van der Waals surface area contributed by atoms with Crippen molar-refractivity contribution in [2.45, 2.75) is 25.4 Å². The Morgan fingerprint density at radius 2 is 2.05 bits per heavy atom. The van der Waals surface area contributed by atoms with E-state index >= 15 is 0 Å². The Balaban J connectivity index is 1.62. The Labute approximate surface area is 114 Å². The molecule has 0 unspecified atom stereocenters. The smallest absolute Gasteiger partial charge is 0.319 e. The molecule has 1 aromatic rings. The van der Waals surface area contributed by atoms with E-state index in [4.69, 9.17) is 0 Å². The summed E-state index contributed by atoms with van der Waals surface area (Å²) in [5.74, 6) is 0. The Hall–Kier alpha value is -1.55. The van der Waals surface area contributed by atoms with Crippen LogP contribution in [0.25, 0.3) is 0 Å². The molecule has 4 heteroatoms. The van der Waals surface area contributed by atoms with Crippen LogP contribution in [-0.4, -0.2) is 48.1 Å². The number of hydrogen-bond donors (Lipinski definition) is 1. The minimum absolute atomic E-state index is 0.206. The van der Waals surface area contributed by atoms with Crippen molar-refractivity contribution in [3.05, 3.63) is 35.9 Å². The number of carbonyl (C=O) groups is 1. The number of hydrogen-bond acceptors (Lipinski definition) is 2. The first-order chi connectivity index (χ1) is 9.34. The fraction of sp³-hybridized carbons (Fsp3) is 0.533. The zero-order chi connectivity index (χ0) is 13.1. The van der Waals surface area contributed by atoms with Crippen molar-refractivity contribution in [2.75, 3.05) is 26.2 Å². The van der Waals surface area contributed by atoms with Crippen LogP contribution in [0.2, 0.25) is 0 Å². The molecule has 1 atom stereocenters. The third-order valence-electron chi connectivity index (χ3n) is 4.05. The fourth-order valence-electron chi connectivity index (χ4n) is 2.99. The van der Waals surface area contributed by atoms with Gasteiger partial charge in [-0.25, -0.2) is 4.79 Å². The van der Waals surface area contributed by atoms with E-state index in [-0.39, 0.29) is 6.03 Å². The lowest BCUT2D eigenvalue weighted by Crippen LogP contribution is -2.47. The Bertz CT molecular complexity index is 428. The first-order valence-electron chi connectivity index (χ1n) is 7.15. The van der Waals surface area contributed by atoms with Crippen LogP contribution < -0.4 is 5.32 Å². The van der Waals surface area contributed by atoms with Gasteiger partial charge in [0, 0.05) is 32.2 Å². The van der Waals surface area contributed by atoms with E-state index in [0.717, 1.165) is 39.1 Å². The summed E-state index contributed by atoms with van der Waals surface area (Å²) in [6, 6.07) is 10.8. The molecule has 2 amide bonds. The van der Waals surface area contributed by atoms with E-state index in [1.807, 2.05) is 23.1 Å². The standard InChI is InChI=1S/C15H21N3O/c19-15-17(12-13-5-2-1-3-6-13)9-10-18(15)14-7-4-8-16-11-14/h1-3,5-6,14,16H,4,7-12H2/t14-/m0/s1. The number of piperidine rings is 1. The number of rotatable bonds is 3. The minimum Gasteiger partial charge on any atom is -0.319 e. The predicted octanol–water partition coefficient (Wildman–Crippen LogP) is 1.68. The van der Waals surface area contributed by atoms with Gasteiger partial charge in [-0.2, -0.15) is 0 Å². The lowest BCUT2D eigenvalue weighted by molar-refractivity contribution is 0.166. The van der Waals surface area contributed by atoms with Crippen LogP contribution in [0.5, 0.6) is 0 Å². The zero-order valence-corrected chi connectivity index (χ0v) is 11.2. The van der Waals surface area contributed by atoms with Crippen LogP contribution in [0.15, 0.2) is 30.3 Å². The van der Waals surface area contributed by atoms with Crippen LogP contribution >= 0.6 is 0 Å². The highest BCUT2D eigenvalue weighted by atomic mass is 16.2. The van der Waals surface area contributed by atoms with E-state index in [0.29, 0.717) is 6.04 Å². The number of nitrogens with zero attached hydrogens (tertiary/aromatic N) is 2. The lowest BCUT2D eigenvalue weighted by atomic mass is 10.1. The molecule has 0 radical (unpaired) electrons. The molecule has 102 valence electrons. The van der Waals surface area contributed by atoms with Gasteiger partial charge in [-0.15, -0.1) is 0 Å². The van der Waals surface area contributed by atoms with Crippen molar-refractivity contribution in [1.29, 1.82) is 0 Å².